The Morgan fingerprint density at radius 1 is 1.09 bits per heavy atom. The van der Waals surface area contributed by atoms with Crippen LogP contribution < -0.4 is 9.47 Å². The Hall–Kier alpha value is -1.51. The van der Waals surface area contributed by atoms with Gasteiger partial charge in [0.25, 0.3) is 0 Å². The minimum Gasteiger partial charge on any atom is -0.480 e. The van der Waals surface area contributed by atoms with E-state index < -0.39 is 5.72 Å². The topological polar surface area (TPSA) is 30.8 Å². The third kappa shape index (κ3) is 2.75. The minimum atomic E-state index is -0.597. The van der Waals surface area contributed by atoms with Crippen molar-refractivity contribution >= 4 is 5.71 Å². The molecule has 3 rings (SSSR count). The van der Waals surface area contributed by atoms with Gasteiger partial charge in [0, 0.05) is 24.6 Å². The van der Waals surface area contributed by atoms with Crippen molar-refractivity contribution in [3.63, 3.8) is 0 Å². The highest BCUT2D eigenvalue weighted by Gasteiger charge is 2.48. The highest BCUT2D eigenvalue weighted by molar-refractivity contribution is 5.85. The highest BCUT2D eigenvalue weighted by atomic mass is 16.6. The third-order valence-corrected chi connectivity index (χ3v) is 4.80. The first kappa shape index (κ1) is 16.4. The number of benzene rings is 1. The maximum absolute atomic E-state index is 6.43. The van der Waals surface area contributed by atoms with Gasteiger partial charge in [-0.3, -0.25) is 0 Å². The van der Waals surface area contributed by atoms with Crippen LogP contribution in [0.15, 0.2) is 17.1 Å². The summed E-state index contributed by atoms with van der Waals surface area (Å²) in [4.78, 5) is 4.71. The average molecular weight is 315 g/mol. The lowest BCUT2D eigenvalue weighted by molar-refractivity contribution is -0.0367. The second-order valence-corrected chi connectivity index (χ2v) is 9.17. The Balaban J connectivity index is 2.17. The van der Waals surface area contributed by atoms with Gasteiger partial charge in [0.1, 0.15) is 0 Å². The molecule has 1 aromatic carbocycles. The lowest BCUT2D eigenvalue weighted by atomic mass is 9.79. The van der Waals surface area contributed by atoms with Gasteiger partial charge in [-0.25, -0.2) is 4.99 Å². The van der Waals surface area contributed by atoms with Gasteiger partial charge in [0.15, 0.2) is 17.6 Å². The molecule has 2 atom stereocenters. The summed E-state index contributed by atoms with van der Waals surface area (Å²) in [6, 6.07) is 4.43. The molecular weight excluding hydrogens is 286 g/mol. The van der Waals surface area contributed by atoms with E-state index in [2.05, 4.69) is 53.7 Å². The van der Waals surface area contributed by atoms with Gasteiger partial charge >= 0.3 is 0 Å². The first-order chi connectivity index (χ1) is 10.4. The van der Waals surface area contributed by atoms with E-state index in [1.165, 1.54) is 11.1 Å². The monoisotopic (exact) mass is 315 g/mol. The van der Waals surface area contributed by atoms with Crippen LogP contribution in [0.3, 0.4) is 0 Å². The summed E-state index contributed by atoms with van der Waals surface area (Å²) in [5, 5.41) is 0. The summed E-state index contributed by atoms with van der Waals surface area (Å²) in [7, 11) is 0. The largest absolute Gasteiger partial charge is 0.480 e. The maximum atomic E-state index is 6.43. The molecule has 0 bridgehead atoms. The second-order valence-electron chi connectivity index (χ2n) is 9.17. The van der Waals surface area contributed by atoms with Gasteiger partial charge in [-0.2, -0.15) is 0 Å². The first-order valence-electron chi connectivity index (χ1n) is 8.50. The van der Waals surface area contributed by atoms with Gasteiger partial charge in [0.05, 0.1) is 0 Å². The Labute approximate surface area is 140 Å². The van der Waals surface area contributed by atoms with Crippen LogP contribution in [-0.2, 0) is 10.8 Å². The van der Waals surface area contributed by atoms with E-state index in [0.717, 1.165) is 23.6 Å². The molecule has 0 aliphatic carbocycles. The number of hydrogen-bond acceptors (Lipinski definition) is 3. The maximum Gasteiger partial charge on any atom is 0.234 e. The molecule has 3 nitrogen and oxygen atoms in total. The van der Waals surface area contributed by atoms with Crippen LogP contribution in [0.5, 0.6) is 11.5 Å². The second kappa shape index (κ2) is 4.75. The fourth-order valence-electron chi connectivity index (χ4n) is 3.34. The molecule has 2 heterocycles. The fraction of sp³-hybridized carbons (Fsp3) is 0.650. The zero-order chi connectivity index (χ0) is 17.2. The SMILES string of the molecule is CC1=N[C@]2(C)Oc3c(cc(C(C)(C)C)cc3C(C)(C)C)O[C@@H]2C1. The molecule has 2 aliphatic heterocycles. The quantitative estimate of drug-likeness (QED) is 0.674. The van der Waals surface area contributed by atoms with Crippen molar-refractivity contribution < 1.29 is 9.47 Å². The average Bonchev–Trinajstić information content (AvgIpc) is 2.64. The van der Waals surface area contributed by atoms with Crippen molar-refractivity contribution in [1.82, 2.24) is 0 Å². The molecule has 0 saturated carbocycles. The first-order valence-corrected chi connectivity index (χ1v) is 8.50. The summed E-state index contributed by atoms with van der Waals surface area (Å²) in [5.74, 6) is 1.73. The number of aliphatic imine (C=N–C) groups is 1. The summed E-state index contributed by atoms with van der Waals surface area (Å²) in [6.45, 7) is 17.4. The van der Waals surface area contributed by atoms with Crippen LogP contribution in [-0.4, -0.2) is 17.5 Å². The van der Waals surface area contributed by atoms with Crippen molar-refractivity contribution in [3.05, 3.63) is 23.3 Å². The Bertz CT molecular complexity index is 676. The number of nitrogens with zero attached hydrogens (tertiary/aromatic N) is 1. The molecule has 23 heavy (non-hydrogen) atoms. The third-order valence-electron chi connectivity index (χ3n) is 4.80. The Morgan fingerprint density at radius 2 is 1.74 bits per heavy atom. The van der Waals surface area contributed by atoms with Crippen LogP contribution in [0.2, 0.25) is 0 Å². The molecule has 2 aliphatic rings. The summed E-state index contributed by atoms with van der Waals surface area (Å²) in [6.07, 6.45) is 0.804. The molecule has 0 amide bonds. The normalized spacial score (nSPS) is 26.8. The molecule has 0 fully saturated rings. The smallest absolute Gasteiger partial charge is 0.234 e. The molecule has 0 saturated heterocycles. The molecule has 0 N–H and O–H groups in total. The van der Waals surface area contributed by atoms with Crippen LogP contribution in [0.1, 0.15) is 72.9 Å². The van der Waals surface area contributed by atoms with Gasteiger partial charge in [-0.15, -0.1) is 0 Å². The lowest BCUT2D eigenvalue weighted by Gasteiger charge is -2.39. The summed E-state index contributed by atoms with van der Waals surface area (Å²) < 4.78 is 12.8. The van der Waals surface area contributed by atoms with Crippen molar-refractivity contribution in [3.8, 4) is 11.5 Å². The predicted molar refractivity (Wildman–Crippen MR) is 95.0 cm³/mol. The fourth-order valence-corrected chi connectivity index (χ4v) is 3.34. The van der Waals surface area contributed by atoms with Crippen LogP contribution >= 0.6 is 0 Å². The molecule has 126 valence electrons. The van der Waals surface area contributed by atoms with Crippen molar-refractivity contribution in [1.29, 1.82) is 0 Å². The molecule has 0 aromatic heterocycles. The zero-order valence-electron chi connectivity index (χ0n) is 15.7. The molecule has 0 radical (unpaired) electrons. The van der Waals surface area contributed by atoms with E-state index in [1.54, 1.807) is 0 Å². The van der Waals surface area contributed by atoms with Gasteiger partial charge in [-0.1, -0.05) is 47.6 Å². The van der Waals surface area contributed by atoms with Crippen LogP contribution in [0.4, 0.5) is 0 Å². The van der Waals surface area contributed by atoms with E-state index >= 15 is 0 Å². The standard InChI is InChI=1S/C20H29NO2/c1-12-9-16-20(8,21-12)23-17-14(19(5,6)7)10-13(18(2,3)4)11-15(17)22-16/h10-11,16H,9H2,1-8H3/t16-,20-/m1/s1. The minimum absolute atomic E-state index is 0.0186. The van der Waals surface area contributed by atoms with E-state index in [0.29, 0.717) is 0 Å². The summed E-state index contributed by atoms with van der Waals surface area (Å²) in [5.41, 5.74) is 3.03. The molecule has 3 heteroatoms. The van der Waals surface area contributed by atoms with E-state index in [9.17, 15) is 0 Å². The highest BCUT2D eigenvalue weighted by Crippen LogP contribution is 2.49. The van der Waals surface area contributed by atoms with Gasteiger partial charge < -0.3 is 9.47 Å². The van der Waals surface area contributed by atoms with Gasteiger partial charge in [0.2, 0.25) is 5.72 Å². The predicted octanol–water partition coefficient (Wildman–Crippen LogP) is 5.00. The molecular formula is C20H29NO2. The Morgan fingerprint density at radius 3 is 2.30 bits per heavy atom. The summed E-state index contributed by atoms with van der Waals surface area (Å²) >= 11 is 0. The van der Waals surface area contributed by atoms with E-state index in [1.807, 2.05) is 13.8 Å². The van der Waals surface area contributed by atoms with Crippen molar-refractivity contribution in [2.45, 2.75) is 84.5 Å². The zero-order valence-corrected chi connectivity index (χ0v) is 15.7. The van der Waals surface area contributed by atoms with Gasteiger partial charge in [-0.05, 0) is 29.4 Å². The van der Waals surface area contributed by atoms with Crippen molar-refractivity contribution in [2.24, 2.45) is 4.99 Å². The molecule has 1 aromatic rings. The molecule has 0 unspecified atom stereocenters. The van der Waals surface area contributed by atoms with E-state index in [-0.39, 0.29) is 16.9 Å². The van der Waals surface area contributed by atoms with E-state index in [4.69, 9.17) is 14.5 Å². The van der Waals surface area contributed by atoms with Crippen LogP contribution in [0.25, 0.3) is 0 Å². The van der Waals surface area contributed by atoms with Crippen LogP contribution in [0, 0.1) is 0 Å². The lowest BCUT2D eigenvalue weighted by Crippen LogP contribution is -2.47. The van der Waals surface area contributed by atoms with Crippen molar-refractivity contribution in [2.75, 3.05) is 0 Å². The number of fused-ring (bicyclic) bond motifs is 2. The Kier molecular flexibility index (Phi) is 3.38. The number of ether oxygens (including phenoxy) is 2. The number of rotatable bonds is 0. The number of hydrogen-bond donors (Lipinski definition) is 0. The molecule has 0 spiro atoms.